The van der Waals surface area contributed by atoms with E-state index in [9.17, 15) is 4.79 Å². The van der Waals surface area contributed by atoms with Crippen LogP contribution in [0.5, 0.6) is 11.5 Å². The van der Waals surface area contributed by atoms with Crippen molar-refractivity contribution in [2.75, 3.05) is 13.7 Å². The minimum atomic E-state index is -0.279. The first-order valence-electron chi connectivity index (χ1n) is 8.78. The average Bonchev–Trinajstić information content (AvgIpc) is 2.94. The van der Waals surface area contributed by atoms with Gasteiger partial charge >= 0.3 is 6.03 Å². The lowest BCUT2D eigenvalue weighted by atomic mass is 10.1. The van der Waals surface area contributed by atoms with E-state index in [-0.39, 0.29) is 11.9 Å². The van der Waals surface area contributed by atoms with E-state index in [1.54, 1.807) is 13.2 Å². The molecule has 2 N–H and O–H groups in total. The van der Waals surface area contributed by atoms with E-state index in [0.717, 1.165) is 11.1 Å². The van der Waals surface area contributed by atoms with Crippen LogP contribution in [0.1, 0.15) is 23.6 Å². The number of amidine groups is 1. The van der Waals surface area contributed by atoms with Crippen molar-refractivity contribution in [3.05, 3.63) is 64.9 Å². The smallest absolute Gasteiger partial charge is 0.327 e. The van der Waals surface area contributed by atoms with Crippen molar-refractivity contribution in [1.82, 2.24) is 10.2 Å². The lowest BCUT2D eigenvalue weighted by Crippen LogP contribution is -2.29. The van der Waals surface area contributed by atoms with Gasteiger partial charge in [0.15, 0.2) is 17.3 Å². The predicted octanol–water partition coefficient (Wildman–Crippen LogP) is 3.95. The summed E-state index contributed by atoms with van der Waals surface area (Å²) in [6.45, 7) is 4.79. The molecule has 2 aromatic carbocycles. The number of nitrogens with zero attached hydrogens (tertiary/aromatic N) is 1. The lowest BCUT2D eigenvalue weighted by Gasteiger charge is -2.13. The molecule has 0 aliphatic carbocycles. The minimum Gasteiger partial charge on any atom is -0.493 e. The van der Waals surface area contributed by atoms with Crippen molar-refractivity contribution in [2.45, 2.75) is 20.5 Å². The number of nitrogens with one attached hydrogen (secondary N) is 2. The average molecular weight is 365 g/mol. The molecule has 0 radical (unpaired) electrons. The van der Waals surface area contributed by atoms with Gasteiger partial charge in [0.1, 0.15) is 6.61 Å². The van der Waals surface area contributed by atoms with E-state index in [1.165, 1.54) is 10.5 Å². The molecule has 0 bridgehead atoms. The third-order valence-corrected chi connectivity index (χ3v) is 4.47. The summed E-state index contributed by atoms with van der Waals surface area (Å²) in [6.07, 6.45) is 1.75. The maximum atomic E-state index is 11.8. The number of carbonyl (C=O) groups excluding carboxylic acids is 1. The standard InChI is InChI=1S/C21H23N3O3/c1-4-24-20(22)17(23-21(24)25)11-15-9-10-18(19(12-15)26-3)27-13-16-8-6-5-7-14(16)2/h5-12,22H,4,13H2,1-3H3,(H,23,25)/b17-11-,22-20?. The largest absolute Gasteiger partial charge is 0.493 e. The Kier molecular flexibility index (Phi) is 5.45. The van der Waals surface area contributed by atoms with E-state index in [4.69, 9.17) is 14.9 Å². The second-order valence-electron chi connectivity index (χ2n) is 6.21. The summed E-state index contributed by atoms with van der Waals surface area (Å²) in [5, 5.41) is 10.8. The van der Waals surface area contributed by atoms with Crippen LogP contribution in [0.4, 0.5) is 4.79 Å². The fraction of sp³-hybridized carbons (Fsp3) is 0.238. The van der Waals surface area contributed by atoms with Crippen molar-refractivity contribution in [3.63, 3.8) is 0 Å². The molecular weight excluding hydrogens is 342 g/mol. The fourth-order valence-corrected chi connectivity index (χ4v) is 2.88. The number of hydrogen-bond donors (Lipinski definition) is 2. The Morgan fingerprint density at radius 1 is 1.19 bits per heavy atom. The van der Waals surface area contributed by atoms with Gasteiger partial charge in [0.25, 0.3) is 0 Å². The zero-order chi connectivity index (χ0) is 19.4. The summed E-state index contributed by atoms with van der Waals surface area (Å²) in [4.78, 5) is 13.2. The molecule has 0 spiro atoms. The highest BCUT2D eigenvalue weighted by molar-refractivity contribution is 6.15. The third-order valence-electron chi connectivity index (χ3n) is 4.47. The fourth-order valence-electron chi connectivity index (χ4n) is 2.88. The molecule has 0 saturated carbocycles. The van der Waals surface area contributed by atoms with Crippen molar-refractivity contribution >= 4 is 17.9 Å². The number of rotatable bonds is 6. The molecular formula is C21H23N3O3. The van der Waals surface area contributed by atoms with Gasteiger partial charge in [0.2, 0.25) is 0 Å². The zero-order valence-corrected chi connectivity index (χ0v) is 15.7. The molecule has 1 aliphatic rings. The molecule has 0 aromatic heterocycles. The SMILES string of the molecule is CCN1C(=N)/C(=C/c2ccc(OCc3ccccc3C)c(OC)c2)NC1=O. The van der Waals surface area contributed by atoms with Gasteiger partial charge in [0.05, 0.1) is 12.8 Å². The molecule has 1 aliphatic heterocycles. The zero-order valence-electron chi connectivity index (χ0n) is 15.7. The summed E-state index contributed by atoms with van der Waals surface area (Å²) >= 11 is 0. The van der Waals surface area contributed by atoms with E-state index in [2.05, 4.69) is 18.3 Å². The van der Waals surface area contributed by atoms with Crippen molar-refractivity contribution in [1.29, 1.82) is 5.41 Å². The summed E-state index contributed by atoms with van der Waals surface area (Å²) < 4.78 is 11.4. The monoisotopic (exact) mass is 365 g/mol. The van der Waals surface area contributed by atoms with Gasteiger partial charge in [0, 0.05) is 6.54 Å². The number of aryl methyl sites for hydroxylation is 1. The number of amides is 2. The van der Waals surface area contributed by atoms with Gasteiger partial charge < -0.3 is 14.8 Å². The van der Waals surface area contributed by atoms with Crippen LogP contribution >= 0.6 is 0 Å². The highest BCUT2D eigenvalue weighted by Crippen LogP contribution is 2.30. The number of ether oxygens (including phenoxy) is 2. The minimum absolute atomic E-state index is 0.168. The van der Waals surface area contributed by atoms with Crippen LogP contribution in [0.3, 0.4) is 0 Å². The molecule has 0 atom stereocenters. The Labute approximate surface area is 158 Å². The summed E-state index contributed by atoms with van der Waals surface area (Å²) in [6, 6.07) is 13.3. The molecule has 1 heterocycles. The molecule has 140 valence electrons. The van der Waals surface area contributed by atoms with E-state index < -0.39 is 0 Å². The maximum absolute atomic E-state index is 11.8. The number of likely N-dealkylation sites (N-methyl/N-ethyl adjacent to an activating group) is 1. The number of hydrogen-bond acceptors (Lipinski definition) is 4. The van der Waals surface area contributed by atoms with Gasteiger partial charge in [-0.05, 0) is 48.7 Å². The third kappa shape index (κ3) is 3.95. The molecule has 6 heteroatoms. The van der Waals surface area contributed by atoms with Crippen LogP contribution in [0.2, 0.25) is 0 Å². The van der Waals surface area contributed by atoms with Crippen molar-refractivity contribution in [2.24, 2.45) is 0 Å². The van der Waals surface area contributed by atoms with Gasteiger partial charge in [-0.25, -0.2) is 4.79 Å². The van der Waals surface area contributed by atoms with Crippen molar-refractivity contribution in [3.8, 4) is 11.5 Å². The number of carbonyl (C=O) groups is 1. The van der Waals surface area contributed by atoms with Crippen LogP contribution in [-0.4, -0.2) is 30.4 Å². The van der Waals surface area contributed by atoms with E-state index >= 15 is 0 Å². The lowest BCUT2D eigenvalue weighted by molar-refractivity contribution is 0.230. The Bertz CT molecular complexity index is 905. The highest BCUT2D eigenvalue weighted by Gasteiger charge is 2.28. The molecule has 3 rings (SSSR count). The van der Waals surface area contributed by atoms with Crippen molar-refractivity contribution < 1.29 is 14.3 Å². The molecule has 1 saturated heterocycles. The van der Waals surface area contributed by atoms with Crippen LogP contribution in [0, 0.1) is 12.3 Å². The van der Waals surface area contributed by atoms with E-state index in [1.807, 2.05) is 43.3 Å². The quantitative estimate of drug-likeness (QED) is 0.814. The Balaban J connectivity index is 1.79. The first-order valence-corrected chi connectivity index (χ1v) is 8.78. The van der Waals surface area contributed by atoms with Gasteiger partial charge in [-0.1, -0.05) is 30.3 Å². The molecule has 27 heavy (non-hydrogen) atoms. The Morgan fingerprint density at radius 2 is 1.96 bits per heavy atom. The second-order valence-corrected chi connectivity index (χ2v) is 6.21. The van der Waals surface area contributed by atoms with Crippen LogP contribution in [-0.2, 0) is 6.61 Å². The predicted molar refractivity (Wildman–Crippen MR) is 105 cm³/mol. The molecule has 6 nitrogen and oxygen atoms in total. The first kappa shape index (κ1) is 18.5. The van der Waals surface area contributed by atoms with Gasteiger partial charge in [-0.3, -0.25) is 10.3 Å². The maximum Gasteiger partial charge on any atom is 0.327 e. The number of urea groups is 1. The van der Waals surface area contributed by atoms with E-state index in [0.29, 0.717) is 30.3 Å². The van der Waals surface area contributed by atoms with Crippen LogP contribution < -0.4 is 14.8 Å². The number of methoxy groups -OCH3 is 1. The topological polar surface area (TPSA) is 74.7 Å². The summed E-state index contributed by atoms with van der Waals surface area (Å²) in [5.41, 5.74) is 3.58. The Hall–Kier alpha value is -3.28. The highest BCUT2D eigenvalue weighted by atomic mass is 16.5. The Morgan fingerprint density at radius 3 is 2.63 bits per heavy atom. The molecule has 2 amide bonds. The summed E-state index contributed by atoms with van der Waals surface area (Å²) in [5.74, 6) is 1.41. The van der Waals surface area contributed by atoms with Crippen LogP contribution in [0.15, 0.2) is 48.2 Å². The summed E-state index contributed by atoms with van der Waals surface area (Å²) in [7, 11) is 1.59. The first-order chi connectivity index (χ1) is 13.0. The number of benzene rings is 2. The van der Waals surface area contributed by atoms with Gasteiger partial charge in [-0.15, -0.1) is 0 Å². The second kappa shape index (κ2) is 7.95. The van der Waals surface area contributed by atoms with Crippen LogP contribution in [0.25, 0.3) is 6.08 Å². The molecule has 0 unspecified atom stereocenters. The molecule has 2 aromatic rings. The normalized spacial score (nSPS) is 15.2. The van der Waals surface area contributed by atoms with Gasteiger partial charge in [-0.2, -0.15) is 0 Å². The molecule has 1 fully saturated rings.